The Kier molecular flexibility index (Phi) is 4.66. The topological polar surface area (TPSA) is 29.3 Å². The lowest BCUT2D eigenvalue weighted by Gasteiger charge is -2.33. The van der Waals surface area contributed by atoms with Gasteiger partial charge in [-0.2, -0.15) is 0 Å². The van der Waals surface area contributed by atoms with E-state index in [1.807, 2.05) is 12.1 Å². The van der Waals surface area contributed by atoms with Crippen molar-refractivity contribution in [2.75, 3.05) is 13.1 Å². The fourth-order valence-electron chi connectivity index (χ4n) is 3.16. The summed E-state index contributed by atoms with van der Waals surface area (Å²) >= 11 is 6.04. The van der Waals surface area contributed by atoms with Crippen LogP contribution in [0.3, 0.4) is 0 Å². The SMILES string of the molecule is CCC1CCCN1C(CN)c1ccc(Cl)cc1C. The lowest BCUT2D eigenvalue weighted by atomic mass is 9.99. The summed E-state index contributed by atoms with van der Waals surface area (Å²) in [4.78, 5) is 2.58. The zero-order valence-corrected chi connectivity index (χ0v) is 12.1. The standard InChI is InChI=1S/C15H23ClN2/c1-3-13-5-4-8-18(13)15(10-17)14-7-6-12(16)9-11(14)2/h6-7,9,13,15H,3-5,8,10,17H2,1-2H3. The highest BCUT2D eigenvalue weighted by Gasteiger charge is 2.30. The third-order valence-corrected chi connectivity index (χ3v) is 4.34. The minimum absolute atomic E-state index is 0.342. The molecular weight excluding hydrogens is 244 g/mol. The van der Waals surface area contributed by atoms with Gasteiger partial charge in [0.1, 0.15) is 0 Å². The van der Waals surface area contributed by atoms with E-state index in [4.69, 9.17) is 17.3 Å². The lowest BCUT2D eigenvalue weighted by molar-refractivity contribution is 0.180. The van der Waals surface area contributed by atoms with Gasteiger partial charge in [-0.25, -0.2) is 0 Å². The Hall–Kier alpha value is -0.570. The Morgan fingerprint density at radius 2 is 2.28 bits per heavy atom. The molecule has 0 amide bonds. The molecule has 1 heterocycles. The summed E-state index contributed by atoms with van der Waals surface area (Å²) in [6, 6.07) is 7.18. The third kappa shape index (κ3) is 2.71. The molecule has 2 N–H and O–H groups in total. The van der Waals surface area contributed by atoms with Crippen LogP contribution in [0.15, 0.2) is 18.2 Å². The van der Waals surface area contributed by atoms with Crippen LogP contribution in [0.2, 0.25) is 5.02 Å². The van der Waals surface area contributed by atoms with Crippen molar-refractivity contribution in [1.82, 2.24) is 4.90 Å². The maximum Gasteiger partial charge on any atom is 0.0476 e. The number of hydrogen-bond donors (Lipinski definition) is 1. The average Bonchev–Trinajstić information content (AvgIpc) is 2.81. The van der Waals surface area contributed by atoms with Crippen molar-refractivity contribution in [3.8, 4) is 0 Å². The van der Waals surface area contributed by atoms with Crippen molar-refractivity contribution < 1.29 is 0 Å². The molecule has 18 heavy (non-hydrogen) atoms. The molecule has 100 valence electrons. The van der Waals surface area contributed by atoms with Crippen LogP contribution >= 0.6 is 11.6 Å². The van der Waals surface area contributed by atoms with Crippen molar-refractivity contribution in [1.29, 1.82) is 0 Å². The van der Waals surface area contributed by atoms with E-state index in [1.54, 1.807) is 0 Å². The molecule has 0 aromatic heterocycles. The van der Waals surface area contributed by atoms with Crippen LogP contribution in [-0.4, -0.2) is 24.0 Å². The molecule has 0 bridgehead atoms. The van der Waals surface area contributed by atoms with Crippen LogP contribution in [0, 0.1) is 6.92 Å². The molecule has 1 saturated heterocycles. The van der Waals surface area contributed by atoms with E-state index in [2.05, 4.69) is 24.8 Å². The summed E-state index contributed by atoms with van der Waals surface area (Å²) in [5, 5.41) is 0.806. The summed E-state index contributed by atoms with van der Waals surface area (Å²) < 4.78 is 0. The highest BCUT2D eigenvalue weighted by atomic mass is 35.5. The van der Waals surface area contributed by atoms with Crippen molar-refractivity contribution in [2.24, 2.45) is 5.73 Å². The minimum Gasteiger partial charge on any atom is -0.329 e. The van der Waals surface area contributed by atoms with Gasteiger partial charge in [-0.05, 0) is 56.0 Å². The highest BCUT2D eigenvalue weighted by Crippen LogP contribution is 2.32. The second-order valence-corrected chi connectivity index (χ2v) is 5.63. The lowest BCUT2D eigenvalue weighted by Crippen LogP contribution is -2.37. The number of aryl methyl sites for hydroxylation is 1. The van der Waals surface area contributed by atoms with Crippen LogP contribution in [0.5, 0.6) is 0 Å². The number of halogens is 1. The Labute approximate surface area is 115 Å². The summed E-state index contributed by atoms with van der Waals surface area (Å²) in [5.74, 6) is 0. The maximum absolute atomic E-state index is 6.04. The van der Waals surface area contributed by atoms with Crippen LogP contribution in [0.25, 0.3) is 0 Å². The van der Waals surface area contributed by atoms with Gasteiger partial charge in [0.25, 0.3) is 0 Å². The molecule has 1 aliphatic rings. The molecule has 3 heteroatoms. The molecule has 0 saturated carbocycles. The maximum atomic E-state index is 6.04. The first kappa shape index (κ1) is 13.9. The second-order valence-electron chi connectivity index (χ2n) is 5.19. The molecule has 2 atom stereocenters. The van der Waals surface area contributed by atoms with E-state index < -0.39 is 0 Å². The molecule has 2 unspecified atom stereocenters. The van der Waals surface area contributed by atoms with E-state index in [1.165, 1.54) is 36.9 Å². The number of benzene rings is 1. The van der Waals surface area contributed by atoms with Gasteiger partial charge in [0.2, 0.25) is 0 Å². The molecular formula is C15H23ClN2. The van der Waals surface area contributed by atoms with Crippen molar-refractivity contribution in [3.63, 3.8) is 0 Å². The number of nitrogens with zero attached hydrogens (tertiary/aromatic N) is 1. The van der Waals surface area contributed by atoms with Gasteiger partial charge in [-0.1, -0.05) is 24.6 Å². The molecule has 1 aromatic carbocycles. The highest BCUT2D eigenvalue weighted by molar-refractivity contribution is 6.30. The summed E-state index contributed by atoms with van der Waals surface area (Å²) in [7, 11) is 0. The van der Waals surface area contributed by atoms with E-state index in [-0.39, 0.29) is 0 Å². The second kappa shape index (κ2) is 6.05. The van der Waals surface area contributed by atoms with Crippen LogP contribution in [0.1, 0.15) is 43.4 Å². The zero-order chi connectivity index (χ0) is 13.1. The van der Waals surface area contributed by atoms with Gasteiger partial charge in [0.05, 0.1) is 0 Å². The van der Waals surface area contributed by atoms with Gasteiger partial charge in [-0.3, -0.25) is 4.90 Å². The summed E-state index contributed by atoms with van der Waals surface area (Å²) in [6.07, 6.45) is 3.81. The molecule has 1 aliphatic heterocycles. The van der Waals surface area contributed by atoms with E-state index >= 15 is 0 Å². The predicted molar refractivity (Wildman–Crippen MR) is 78.0 cm³/mol. The van der Waals surface area contributed by atoms with E-state index in [0.717, 1.165) is 5.02 Å². The van der Waals surface area contributed by atoms with Crippen molar-refractivity contribution in [2.45, 2.75) is 45.2 Å². The fourth-order valence-corrected chi connectivity index (χ4v) is 3.39. The van der Waals surface area contributed by atoms with Gasteiger partial charge in [0, 0.05) is 23.7 Å². The number of rotatable bonds is 4. The molecule has 0 spiro atoms. The zero-order valence-electron chi connectivity index (χ0n) is 11.3. The van der Waals surface area contributed by atoms with Crippen LogP contribution < -0.4 is 5.73 Å². The smallest absolute Gasteiger partial charge is 0.0476 e. The molecule has 2 nitrogen and oxygen atoms in total. The van der Waals surface area contributed by atoms with Crippen molar-refractivity contribution >= 4 is 11.6 Å². The van der Waals surface area contributed by atoms with Gasteiger partial charge in [-0.15, -0.1) is 0 Å². The van der Waals surface area contributed by atoms with E-state index in [0.29, 0.717) is 18.6 Å². The quantitative estimate of drug-likeness (QED) is 0.904. The Morgan fingerprint density at radius 1 is 1.50 bits per heavy atom. The Morgan fingerprint density at radius 3 is 2.89 bits per heavy atom. The minimum atomic E-state index is 0.342. The number of likely N-dealkylation sites (tertiary alicyclic amines) is 1. The largest absolute Gasteiger partial charge is 0.329 e. The Bertz CT molecular complexity index is 405. The fraction of sp³-hybridized carbons (Fsp3) is 0.600. The van der Waals surface area contributed by atoms with Crippen molar-refractivity contribution in [3.05, 3.63) is 34.3 Å². The van der Waals surface area contributed by atoms with Gasteiger partial charge < -0.3 is 5.73 Å². The first-order valence-electron chi connectivity index (χ1n) is 6.89. The Balaban J connectivity index is 2.27. The first-order chi connectivity index (χ1) is 8.67. The van der Waals surface area contributed by atoms with Crippen LogP contribution in [-0.2, 0) is 0 Å². The first-order valence-corrected chi connectivity index (χ1v) is 7.27. The monoisotopic (exact) mass is 266 g/mol. The third-order valence-electron chi connectivity index (χ3n) is 4.11. The molecule has 0 aliphatic carbocycles. The molecule has 1 aromatic rings. The normalized spacial score (nSPS) is 22.3. The molecule has 2 rings (SSSR count). The molecule has 1 fully saturated rings. The number of hydrogen-bond acceptors (Lipinski definition) is 2. The van der Waals surface area contributed by atoms with Gasteiger partial charge >= 0.3 is 0 Å². The number of nitrogens with two attached hydrogens (primary N) is 1. The average molecular weight is 267 g/mol. The molecule has 0 radical (unpaired) electrons. The summed E-state index contributed by atoms with van der Waals surface area (Å²) in [6.45, 7) is 6.24. The van der Waals surface area contributed by atoms with E-state index in [9.17, 15) is 0 Å². The predicted octanol–water partition coefficient (Wildman–Crippen LogP) is 3.52. The summed E-state index contributed by atoms with van der Waals surface area (Å²) in [5.41, 5.74) is 8.62. The van der Waals surface area contributed by atoms with Gasteiger partial charge in [0.15, 0.2) is 0 Å². The van der Waals surface area contributed by atoms with Crippen LogP contribution in [0.4, 0.5) is 0 Å².